The zero-order chi connectivity index (χ0) is 9.68. The van der Waals surface area contributed by atoms with Crippen molar-refractivity contribution in [2.45, 2.75) is 13.8 Å². The van der Waals surface area contributed by atoms with Crippen molar-refractivity contribution in [3.63, 3.8) is 0 Å². The summed E-state index contributed by atoms with van der Waals surface area (Å²) < 4.78 is 5.42. The lowest BCUT2D eigenvalue weighted by molar-refractivity contribution is 0.342. The smallest absolute Gasteiger partial charge is 0.142 e. The monoisotopic (exact) mass is 195 g/mol. The van der Waals surface area contributed by atoms with Crippen molar-refractivity contribution in [3.05, 3.63) is 24.3 Å². The first-order valence-electron chi connectivity index (χ1n) is 4.23. The van der Waals surface area contributed by atoms with Crippen LogP contribution in [0.1, 0.15) is 13.8 Å². The molecule has 1 aromatic rings. The molecular formula is C10H13NOS. The summed E-state index contributed by atoms with van der Waals surface area (Å²) in [7, 11) is 0. The number of hydrogen-bond acceptors (Lipinski definition) is 2. The highest BCUT2D eigenvalue weighted by molar-refractivity contribution is 7.80. The summed E-state index contributed by atoms with van der Waals surface area (Å²) >= 11 is 4.95. The second-order valence-electron chi connectivity index (χ2n) is 2.61. The molecule has 13 heavy (non-hydrogen) atoms. The van der Waals surface area contributed by atoms with Gasteiger partial charge in [0.2, 0.25) is 0 Å². The SMILES string of the molecule is CCOc1ccccc1NC(C)=S. The van der Waals surface area contributed by atoms with Gasteiger partial charge >= 0.3 is 0 Å². The van der Waals surface area contributed by atoms with E-state index in [2.05, 4.69) is 5.32 Å². The summed E-state index contributed by atoms with van der Waals surface area (Å²) in [5.41, 5.74) is 0.928. The molecule has 0 unspecified atom stereocenters. The van der Waals surface area contributed by atoms with Gasteiger partial charge in [-0.1, -0.05) is 24.4 Å². The third-order valence-corrected chi connectivity index (χ3v) is 1.60. The van der Waals surface area contributed by atoms with Crippen LogP contribution in [-0.4, -0.2) is 11.6 Å². The van der Waals surface area contributed by atoms with Crippen LogP contribution in [0.3, 0.4) is 0 Å². The minimum Gasteiger partial charge on any atom is -0.492 e. The van der Waals surface area contributed by atoms with E-state index in [0.29, 0.717) is 6.61 Å². The van der Waals surface area contributed by atoms with E-state index in [9.17, 15) is 0 Å². The van der Waals surface area contributed by atoms with Gasteiger partial charge in [0, 0.05) is 0 Å². The fourth-order valence-electron chi connectivity index (χ4n) is 1.04. The van der Waals surface area contributed by atoms with Crippen LogP contribution in [0, 0.1) is 0 Å². The van der Waals surface area contributed by atoms with Crippen LogP contribution < -0.4 is 10.1 Å². The zero-order valence-electron chi connectivity index (χ0n) is 7.83. The van der Waals surface area contributed by atoms with E-state index in [1.165, 1.54) is 0 Å². The molecule has 1 N–H and O–H groups in total. The van der Waals surface area contributed by atoms with Gasteiger partial charge in [-0.05, 0) is 26.0 Å². The molecule has 2 nitrogen and oxygen atoms in total. The Morgan fingerprint density at radius 1 is 1.46 bits per heavy atom. The van der Waals surface area contributed by atoms with Crippen LogP contribution in [0.4, 0.5) is 5.69 Å². The van der Waals surface area contributed by atoms with Gasteiger partial charge in [-0.15, -0.1) is 0 Å². The largest absolute Gasteiger partial charge is 0.492 e. The number of ether oxygens (including phenoxy) is 1. The molecule has 0 spiro atoms. The van der Waals surface area contributed by atoms with Crippen LogP contribution in [0.5, 0.6) is 5.75 Å². The molecule has 1 aromatic carbocycles. The van der Waals surface area contributed by atoms with E-state index in [1.807, 2.05) is 38.1 Å². The first kappa shape index (κ1) is 9.99. The van der Waals surface area contributed by atoms with E-state index in [0.717, 1.165) is 16.4 Å². The normalized spacial score (nSPS) is 9.38. The summed E-state index contributed by atoms with van der Waals surface area (Å²) in [5, 5.41) is 3.06. The summed E-state index contributed by atoms with van der Waals surface area (Å²) in [5.74, 6) is 0.842. The molecule has 70 valence electrons. The van der Waals surface area contributed by atoms with Gasteiger partial charge in [-0.2, -0.15) is 0 Å². The van der Waals surface area contributed by atoms with E-state index in [-0.39, 0.29) is 0 Å². The fraction of sp³-hybridized carbons (Fsp3) is 0.300. The van der Waals surface area contributed by atoms with Crippen LogP contribution in [0.2, 0.25) is 0 Å². The van der Waals surface area contributed by atoms with E-state index >= 15 is 0 Å². The average molecular weight is 195 g/mol. The van der Waals surface area contributed by atoms with Crippen molar-refractivity contribution in [3.8, 4) is 5.75 Å². The summed E-state index contributed by atoms with van der Waals surface area (Å²) in [6.45, 7) is 4.47. The highest BCUT2D eigenvalue weighted by Crippen LogP contribution is 2.23. The standard InChI is InChI=1S/C10H13NOS/c1-3-12-10-7-5-4-6-9(10)11-8(2)13/h4-7H,3H2,1-2H3,(H,11,13). The number of benzene rings is 1. The Hall–Kier alpha value is -1.09. The van der Waals surface area contributed by atoms with Crippen molar-refractivity contribution in [2.24, 2.45) is 0 Å². The Kier molecular flexibility index (Phi) is 3.71. The molecule has 1 rings (SSSR count). The van der Waals surface area contributed by atoms with Crippen molar-refractivity contribution in [2.75, 3.05) is 11.9 Å². The maximum absolute atomic E-state index is 5.42. The molecule has 0 heterocycles. The lowest BCUT2D eigenvalue weighted by atomic mass is 10.3. The number of para-hydroxylation sites is 2. The molecule has 0 amide bonds. The average Bonchev–Trinajstić information content (AvgIpc) is 2.08. The van der Waals surface area contributed by atoms with Gasteiger partial charge in [0.05, 0.1) is 17.3 Å². The fourth-order valence-corrected chi connectivity index (χ4v) is 1.15. The predicted molar refractivity (Wildman–Crippen MR) is 59.5 cm³/mol. The van der Waals surface area contributed by atoms with Gasteiger partial charge in [0.1, 0.15) is 5.75 Å². The number of thiocarbonyl (C=S) groups is 1. The van der Waals surface area contributed by atoms with E-state index in [1.54, 1.807) is 0 Å². The van der Waals surface area contributed by atoms with Crippen LogP contribution in [0.25, 0.3) is 0 Å². The predicted octanol–water partition coefficient (Wildman–Crippen LogP) is 2.84. The highest BCUT2D eigenvalue weighted by atomic mass is 32.1. The third kappa shape index (κ3) is 3.03. The van der Waals surface area contributed by atoms with Gasteiger partial charge in [0.15, 0.2) is 0 Å². The Morgan fingerprint density at radius 3 is 2.77 bits per heavy atom. The minimum atomic E-state index is 0.662. The van der Waals surface area contributed by atoms with Crippen LogP contribution in [-0.2, 0) is 0 Å². The van der Waals surface area contributed by atoms with Gasteiger partial charge in [-0.25, -0.2) is 0 Å². The number of rotatable bonds is 3. The zero-order valence-corrected chi connectivity index (χ0v) is 8.65. The quantitative estimate of drug-likeness (QED) is 0.749. The lowest BCUT2D eigenvalue weighted by Gasteiger charge is -2.10. The number of anilines is 1. The van der Waals surface area contributed by atoms with Crippen LogP contribution >= 0.6 is 12.2 Å². The molecule has 0 saturated carbocycles. The van der Waals surface area contributed by atoms with Crippen molar-refractivity contribution < 1.29 is 4.74 Å². The van der Waals surface area contributed by atoms with E-state index in [4.69, 9.17) is 17.0 Å². The number of nitrogens with one attached hydrogen (secondary N) is 1. The van der Waals surface area contributed by atoms with Crippen molar-refractivity contribution in [1.82, 2.24) is 0 Å². The Bertz CT molecular complexity index is 299. The molecule has 3 heteroatoms. The molecule has 0 saturated heterocycles. The van der Waals surface area contributed by atoms with Gasteiger partial charge < -0.3 is 10.1 Å². The van der Waals surface area contributed by atoms with Crippen LogP contribution in [0.15, 0.2) is 24.3 Å². The molecular weight excluding hydrogens is 182 g/mol. The van der Waals surface area contributed by atoms with Crippen molar-refractivity contribution in [1.29, 1.82) is 0 Å². The molecule has 0 aromatic heterocycles. The van der Waals surface area contributed by atoms with Gasteiger partial charge in [0.25, 0.3) is 0 Å². The topological polar surface area (TPSA) is 21.3 Å². The van der Waals surface area contributed by atoms with E-state index < -0.39 is 0 Å². The lowest BCUT2D eigenvalue weighted by Crippen LogP contribution is -2.05. The Balaban J connectivity index is 2.84. The highest BCUT2D eigenvalue weighted by Gasteiger charge is 2.00. The van der Waals surface area contributed by atoms with Gasteiger partial charge in [-0.3, -0.25) is 0 Å². The molecule has 0 bridgehead atoms. The maximum Gasteiger partial charge on any atom is 0.142 e. The summed E-state index contributed by atoms with van der Waals surface area (Å²) in [6.07, 6.45) is 0. The second-order valence-corrected chi connectivity index (χ2v) is 3.22. The summed E-state index contributed by atoms with van der Waals surface area (Å²) in [6, 6.07) is 7.75. The first-order valence-corrected chi connectivity index (χ1v) is 4.64. The first-order chi connectivity index (χ1) is 6.24. The maximum atomic E-state index is 5.42. The molecule has 0 fully saturated rings. The molecule has 0 radical (unpaired) electrons. The summed E-state index contributed by atoms with van der Waals surface area (Å²) in [4.78, 5) is 0.743. The third-order valence-electron chi connectivity index (χ3n) is 1.50. The molecule has 0 aliphatic rings. The second kappa shape index (κ2) is 4.82. The molecule has 0 aliphatic carbocycles. The number of hydrogen-bond donors (Lipinski definition) is 1. The Labute approximate surface area is 83.9 Å². The Morgan fingerprint density at radius 2 is 2.15 bits per heavy atom. The molecule has 0 aliphatic heterocycles. The molecule has 0 atom stereocenters. The minimum absolute atomic E-state index is 0.662. The van der Waals surface area contributed by atoms with Crippen molar-refractivity contribution >= 4 is 22.9 Å².